The second-order valence-corrected chi connectivity index (χ2v) is 12.3. The van der Waals surface area contributed by atoms with Crippen LogP contribution in [0.5, 0.6) is 17.4 Å². The standard InChI is InChI=1S/C33H38ClN3O6/c1-22-24(8-13-30(35-22)42-28-11-9-27(10-12-28)40-21-31(38)43-33(2,3)4)19-36-16-14-26(15-17-36)37-29(20-41-32(37)39)23-6-5-7-25(34)18-23/h5-13,18,26,29H,14-17,19-21H2,1-4H3. The van der Waals surface area contributed by atoms with Crippen LogP contribution in [0.25, 0.3) is 0 Å². The molecule has 2 aromatic carbocycles. The van der Waals surface area contributed by atoms with Gasteiger partial charge in [-0.15, -0.1) is 0 Å². The van der Waals surface area contributed by atoms with Crippen molar-refractivity contribution in [3.63, 3.8) is 0 Å². The summed E-state index contributed by atoms with van der Waals surface area (Å²) in [6.07, 6.45) is 1.50. The fourth-order valence-corrected chi connectivity index (χ4v) is 5.63. The molecule has 43 heavy (non-hydrogen) atoms. The first-order valence-electron chi connectivity index (χ1n) is 14.6. The number of carbonyl (C=O) groups excluding carboxylic acids is 2. The zero-order chi connectivity index (χ0) is 30.6. The Balaban J connectivity index is 1.11. The summed E-state index contributed by atoms with van der Waals surface area (Å²) in [5.74, 6) is 1.24. The summed E-state index contributed by atoms with van der Waals surface area (Å²) in [6.45, 7) is 10.1. The Morgan fingerprint density at radius 3 is 2.44 bits per heavy atom. The number of piperidine rings is 1. The van der Waals surface area contributed by atoms with Crippen molar-refractivity contribution in [2.45, 2.75) is 64.8 Å². The molecular formula is C33H38ClN3O6. The molecule has 1 atom stereocenters. The van der Waals surface area contributed by atoms with Crippen LogP contribution in [0.2, 0.25) is 5.02 Å². The average Bonchev–Trinajstić information content (AvgIpc) is 3.35. The first kappa shape index (κ1) is 30.6. The molecule has 2 aliphatic rings. The Morgan fingerprint density at radius 2 is 1.77 bits per heavy atom. The van der Waals surface area contributed by atoms with Crippen molar-refractivity contribution in [3.8, 4) is 17.4 Å². The van der Waals surface area contributed by atoms with E-state index in [9.17, 15) is 9.59 Å². The Kier molecular flexibility index (Phi) is 9.42. The van der Waals surface area contributed by atoms with Crippen LogP contribution in [0.1, 0.15) is 56.5 Å². The molecule has 228 valence electrons. The molecular weight excluding hydrogens is 570 g/mol. The number of likely N-dealkylation sites (tertiary alicyclic amines) is 1. The molecule has 1 aromatic heterocycles. The van der Waals surface area contributed by atoms with Crippen LogP contribution in [0.3, 0.4) is 0 Å². The number of esters is 1. The highest BCUT2D eigenvalue weighted by molar-refractivity contribution is 6.30. The van der Waals surface area contributed by atoms with Gasteiger partial charge < -0.3 is 18.9 Å². The summed E-state index contributed by atoms with van der Waals surface area (Å²) in [5.41, 5.74) is 2.49. The Hall–Kier alpha value is -3.82. The van der Waals surface area contributed by atoms with E-state index in [1.54, 1.807) is 24.3 Å². The SMILES string of the molecule is Cc1nc(Oc2ccc(OCC(=O)OC(C)(C)C)cc2)ccc1CN1CCC(N2C(=O)OCC2c2cccc(Cl)c2)CC1. The summed E-state index contributed by atoms with van der Waals surface area (Å²) < 4.78 is 22.2. The fraction of sp³-hybridized carbons (Fsp3) is 0.424. The topological polar surface area (TPSA) is 90.4 Å². The lowest BCUT2D eigenvalue weighted by Crippen LogP contribution is -2.46. The molecule has 0 saturated carbocycles. The van der Waals surface area contributed by atoms with Gasteiger partial charge in [-0.3, -0.25) is 9.80 Å². The van der Waals surface area contributed by atoms with Crippen LogP contribution in [0.15, 0.2) is 60.7 Å². The highest BCUT2D eigenvalue weighted by atomic mass is 35.5. The third-order valence-electron chi connectivity index (χ3n) is 7.48. The summed E-state index contributed by atoms with van der Waals surface area (Å²) in [7, 11) is 0. The van der Waals surface area contributed by atoms with Crippen LogP contribution in [0.4, 0.5) is 4.79 Å². The van der Waals surface area contributed by atoms with E-state index in [4.69, 9.17) is 30.5 Å². The van der Waals surface area contributed by atoms with Gasteiger partial charge in [0.2, 0.25) is 5.88 Å². The van der Waals surface area contributed by atoms with E-state index in [1.165, 1.54) is 0 Å². The number of hydrogen-bond donors (Lipinski definition) is 0. The lowest BCUT2D eigenvalue weighted by molar-refractivity contribution is -0.157. The highest BCUT2D eigenvalue weighted by Crippen LogP contribution is 2.34. The average molecular weight is 608 g/mol. The van der Waals surface area contributed by atoms with Gasteiger partial charge in [-0.05, 0) is 88.1 Å². The number of ether oxygens (including phenoxy) is 4. The quantitative estimate of drug-likeness (QED) is 0.248. The molecule has 2 saturated heterocycles. The van der Waals surface area contributed by atoms with E-state index in [0.717, 1.165) is 49.3 Å². The van der Waals surface area contributed by atoms with Crippen molar-refractivity contribution >= 4 is 23.7 Å². The van der Waals surface area contributed by atoms with Crippen LogP contribution < -0.4 is 9.47 Å². The fourth-order valence-electron chi connectivity index (χ4n) is 5.43. The number of rotatable bonds is 9. The van der Waals surface area contributed by atoms with E-state index < -0.39 is 11.6 Å². The number of carbonyl (C=O) groups is 2. The molecule has 3 heterocycles. The number of benzene rings is 2. The minimum atomic E-state index is -0.552. The maximum Gasteiger partial charge on any atom is 0.410 e. The lowest BCUT2D eigenvalue weighted by Gasteiger charge is -2.38. The third kappa shape index (κ3) is 8.18. The van der Waals surface area contributed by atoms with Crippen LogP contribution in [0, 0.1) is 6.92 Å². The van der Waals surface area contributed by atoms with Crippen LogP contribution in [-0.2, 0) is 20.8 Å². The van der Waals surface area contributed by atoms with Crippen molar-refractivity contribution in [1.82, 2.24) is 14.8 Å². The molecule has 0 spiro atoms. The predicted molar refractivity (Wildman–Crippen MR) is 163 cm³/mol. The van der Waals surface area contributed by atoms with Crippen molar-refractivity contribution in [2.24, 2.45) is 0 Å². The zero-order valence-corrected chi connectivity index (χ0v) is 25.8. The summed E-state index contributed by atoms with van der Waals surface area (Å²) >= 11 is 6.21. The van der Waals surface area contributed by atoms with Crippen molar-refractivity contribution in [2.75, 3.05) is 26.3 Å². The summed E-state index contributed by atoms with van der Waals surface area (Å²) in [4.78, 5) is 33.5. The molecule has 0 bridgehead atoms. The van der Waals surface area contributed by atoms with Gasteiger partial charge in [-0.2, -0.15) is 0 Å². The van der Waals surface area contributed by atoms with Gasteiger partial charge >= 0.3 is 12.1 Å². The number of halogens is 1. The normalized spacial score (nSPS) is 17.9. The monoisotopic (exact) mass is 607 g/mol. The molecule has 5 rings (SSSR count). The predicted octanol–water partition coefficient (Wildman–Crippen LogP) is 6.71. The Bertz CT molecular complexity index is 1430. The summed E-state index contributed by atoms with van der Waals surface area (Å²) in [5, 5.41) is 0.659. The maximum atomic E-state index is 12.6. The van der Waals surface area contributed by atoms with Gasteiger partial charge in [0.25, 0.3) is 0 Å². The number of aryl methyl sites for hydroxylation is 1. The Labute approximate surface area is 257 Å². The summed E-state index contributed by atoms with van der Waals surface area (Å²) in [6, 6.07) is 18.6. The smallest absolute Gasteiger partial charge is 0.410 e. The van der Waals surface area contributed by atoms with Gasteiger partial charge in [0.1, 0.15) is 23.7 Å². The highest BCUT2D eigenvalue weighted by Gasteiger charge is 2.40. The molecule has 9 nitrogen and oxygen atoms in total. The van der Waals surface area contributed by atoms with E-state index in [0.29, 0.717) is 29.0 Å². The number of nitrogens with zero attached hydrogens (tertiary/aromatic N) is 3. The second kappa shape index (κ2) is 13.2. The maximum absolute atomic E-state index is 12.6. The third-order valence-corrected chi connectivity index (χ3v) is 7.72. The van der Waals surface area contributed by atoms with Gasteiger partial charge in [0, 0.05) is 42.5 Å². The van der Waals surface area contributed by atoms with Gasteiger partial charge in [-0.25, -0.2) is 14.6 Å². The lowest BCUT2D eigenvalue weighted by atomic mass is 9.98. The molecule has 2 fully saturated rings. The van der Waals surface area contributed by atoms with Gasteiger partial charge in [0.15, 0.2) is 6.61 Å². The molecule has 3 aromatic rings. The largest absolute Gasteiger partial charge is 0.482 e. The molecule has 10 heteroatoms. The zero-order valence-electron chi connectivity index (χ0n) is 25.0. The van der Waals surface area contributed by atoms with Crippen molar-refractivity contribution < 1.29 is 28.5 Å². The second-order valence-electron chi connectivity index (χ2n) is 11.9. The van der Waals surface area contributed by atoms with Gasteiger partial charge in [0.05, 0.1) is 6.04 Å². The van der Waals surface area contributed by atoms with Crippen LogP contribution in [-0.4, -0.2) is 64.8 Å². The molecule has 0 N–H and O–H groups in total. The van der Waals surface area contributed by atoms with Crippen molar-refractivity contribution in [1.29, 1.82) is 0 Å². The first-order valence-corrected chi connectivity index (χ1v) is 14.9. The van der Waals surface area contributed by atoms with E-state index in [2.05, 4.69) is 16.0 Å². The molecule has 0 radical (unpaired) electrons. The van der Waals surface area contributed by atoms with E-state index >= 15 is 0 Å². The molecule has 2 aliphatic heterocycles. The number of aromatic nitrogens is 1. The van der Waals surface area contributed by atoms with Crippen molar-refractivity contribution in [3.05, 3.63) is 82.5 Å². The number of amides is 1. The molecule has 0 aliphatic carbocycles. The van der Waals surface area contributed by atoms with Crippen LogP contribution >= 0.6 is 11.6 Å². The molecule has 1 unspecified atom stereocenters. The minimum Gasteiger partial charge on any atom is -0.482 e. The first-order chi connectivity index (χ1) is 20.5. The Morgan fingerprint density at radius 1 is 1.05 bits per heavy atom. The van der Waals surface area contributed by atoms with E-state index in [1.807, 2.05) is 62.9 Å². The molecule has 1 amide bonds. The number of cyclic esters (lactones) is 1. The minimum absolute atomic E-state index is 0.109. The van der Waals surface area contributed by atoms with Gasteiger partial charge in [-0.1, -0.05) is 29.8 Å². The number of pyridine rings is 1. The van der Waals surface area contributed by atoms with E-state index in [-0.39, 0.29) is 24.8 Å². The number of hydrogen-bond acceptors (Lipinski definition) is 8.